The quantitative estimate of drug-likeness (QED) is 0.873. The molecule has 2 aromatic rings. The van der Waals surface area contributed by atoms with E-state index in [4.69, 9.17) is 5.73 Å². The van der Waals surface area contributed by atoms with Crippen molar-refractivity contribution in [2.75, 3.05) is 6.54 Å². The number of benzene rings is 1. The Bertz CT molecular complexity index is 620. The van der Waals surface area contributed by atoms with Gasteiger partial charge in [0.1, 0.15) is 0 Å². The molecule has 2 atom stereocenters. The molecule has 0 amide bonds. The molecule has 2 N–H and O–H groups in total. The Labute approximate surface area is 105 Å². The highest BCUT2D eigenvalue weighted by Gasteiger charge is 2.28. The molecule has 0 bridgehead atoms. The van der Waals surface area contributed by atoms with E-state index in [9.17, 15) is 4.79 Å². The van der Waals surface area contributed by atoms with Crippen LogP contribution in [0.5, 0.6) is 0 Å². The topological polar surface area (TPSA) is 60.9 Å². The molecule has 1 heterocycles. The normalized spacial score (nSPS) is 23.6. The lowest BCUT2D eigenvalue weighted by Gasteiger charge is -2.20. The van der Waals surface area contributed by atoms with Crippen molar-refractivity contribution in [3.8, 4) is 0 Å². The van der Waals surface area contributed by atoms with Crippen molar-refractivity contribution in [1.29, 1.82) is 0 Å². The van der Waals surface area contributed by atoms with Crippen molar-refractivity contribution in [2.24, 2.45) is 11.7 Å². The van der Waals surface area contributed by atoms with E-state index in [1.54, 1.807) is 10.9 Å². The standard InChI is InChI=1S/C14H17N3O/c15-8-10-4-3-7-13(10)17-9-16-12-6-2-1-5-11(12)14(17)18/h1-2,5-6,9-10,13H,3-4,7-8,15H2. The SMILES string of the molecule is NCC1CCCC1n1cnc2ccccc2c1=O. The Morgan fingerprint density at radius 1 is 1.33 bits per heavy atom. The lowest BCUT2D eigenvalue weighted by atomic mass is 10.0. The predicted molar refractivity (Wildman–Crippen MR) is 71.4 cm³/mol. The van der Waals surface area contributed by atoms with Crippen molar-refractivity contribution in [3.63, 3.8) is 0 Å². The Hall–Kier alpha value is -1.68. The van der Waals surface area contributed by atoms with Gasteiger partial charge in [-0.1, -0.05) is 18.6 Å². The van der Waals surface area contributed by atoms with Gasteiger partial charge in [-0.3, -0.25) is 9.36 Å². The van der Waals surface area contributed by atoms with Crippen LogP contribution >= 0.6 is 0 Å². The van der Waals surface area contributed by atoms with Gasteiger partial charge >= 0.3 is 0 Å². The summed E-state index contributed by atoms with van der Waals surface area (Å²) in [6.45, 7) is 0.643. The van der Waals surface area contributed by atoms with Crippen molar-refractivity contribution < 1.29 is 0 Å². The number of hydrogen-bond donors (Lipinski definition) is 1. The molecule has 1 saturated carbocycles. The van der Waals surface area contributed by atoms with Gasteiger partial charge in [-0.25, -0.2) is 4.98 Å². The molecule has 0 saturated heterocycles. The van der Waals surface area contributed by atoms with E-state index in [1.807, 2.05) is 24.3 Å². The van der Waals surface area contributed by atoms with Crippen LogP contribution in [0, 0.1) is 5.92 Å². The number of para-hydroxylation sites is 1. The number of hydrogen-bond acceptors (Lipinski definition) is 3. The molecular weight excluding hydrogens is 226 g/mol. The lowest BCUT2D eigenvalue weighted by Crippen LogP contribution is -2.30. The molecule has 4 heteroatoms. The zero-order chi connectivity index (χ0) is 12.5. The first-order valence-corrected chi connectivity index (χ1v) is 6.47. The minimum atomic E-state index is 0.0611. The first-order valence-electron chi connectivity index (χ1n) is 6.47. The van der Waals surface area contributed by atoms with Gasteiger partial charge < -0.3 is 5.73 Å². The summed E-state index contributed by atoms with van der Waals surface area (Å²) in [5.74, 6) is 0.408. The van der Waals surface area contributed by atoms with Crippen LogP contribution in [0.4, 0.5) is 0 Å². The molecule has 0 radical (unpaired) electrons. The average molecular weight is 243 g/mol. The third kappa shape index (κ3) is 1.73. The molecule has 94 valence electrons. The summed E-state index contributed by atoms with van der Waals surface area (Å²) in [5.41, 5.74) is 6.61. The van der Waals surface area contributed by atoms with E-state index >= 15 is 0 Å². The van der Waals surface area contributed by atoms with Crippen molar-refractivity contribution in [3.05, 3.63) is 40.9 Å². The fraction of sp³-hybridized carbons (Fsp3) is 0.429. The van der Waals surface area contributed by atoms with Gasteiger partial charge in [-0.15, -0.1) is 0 Å². The summed E-state index contributed by atoms with van der Waals surface area (Å²) >= 11 is 0. The van der Waals surface area contributed by atoms with Gasteiger partial charge in [0.05, 0.1) is 17.2 Å². The molecule has 2 unspecified atom stereocenters. The van der Waals surface area contributed by atoms with E-state index in [-0.39, 0.29) is 11.6 Å². The molecule has 0 spiro atoms. The van der Waals surface area contributed by atoms with Crippen molar-refractivity contribution in [2.45, 2.75) is 25.3 Å². The van der Waals surface area contributed by atoms with Gasteiger partial charge in [0.15, 0.2) is 0 Å². The minimum Gasteiger partial charge on any atom is -0.330 e. The second-order valence-electron chi connectivity index (χ2n) is 4.97. The van der Waals surface area contributed by atoms with E-state index in [2.05, 4.69) is 4.98 Å². The molecule has 0 aliphatic heterocycles. The predicted octanol–water partition coefficient (Wildman–Crippen LogP) is 1.70. The zero-order valence-electron chi connectivity index (χ0n) is 10.2. The molecule has 18 heavy (non-hydrogen) atoms. The summed E-state index contributed by atoms with van der Waals surface area (Å²) in [6.07, 6.45) is 4.97. The van der Waals surface area contributed by atoms with Gasteiger partial charge in [0.25, 0.3) is 5.56 Å². The van der Waals surface area contributed by atoms with Gasteiger partial charge in [-0.2, -0.15) is 0 Å². The largest absolute Gasteiger partial charge is 0.330 e. The summed E-state index contributed by atoms with van der Waals surface area (Å²) in [7, 11) is 0. The molecule has 1 aliphatic rings. The zero-order valence-corrected chi connectivity index (χ0v) is 10.2. The van der Waals surface area contributed by atoms with Crippen LogP contribution in [0.1, 0.15) is 25.3 Å². The van der Waals surface area contributed by atoms with E-state index in [0.29, 0.717) is 17.8 Å². The highest BCUT2D eigenvalue weighted by Crippen LogP contribution is 2.34. The number of rotatable bonds is 2. The number of aromatic nitrogens is 2. The Morgan fingerprint density at radius 2 is 2.17 bits per heavy atom. The highest BCUT2D eigenvalue weighted by atomic mass is 16.1. The maximum absolute atomic E-state index is 12.5. The number of nitrogens with zero attached hydrogens (tertiary/aromatic N) is 2. The van der Waals surface area contributed by atoms with Crippen molar-refractivity contribution in [1.82, 2.24) is 9.55 Å². The highest BCUT2D eigenvalue weighted by molar-refractivity contribution is 5.76. The fourth-order valence-electron chi connectivity index (χ4n) is 2.98. The molecule has 3 rings (SSSR count). The fourth-order valence-corrected chi connectivity index (χ4v) is 2.98. The first kappa shape index (κ1) is 11.4. The van der Waals surface area contributed by atoms with Gasteiger partial charge in [0, 0.05) is 6.04 Å². The van der Waals surface area contributed by atoms with Crippen LogP contribution in [0.25, 0.3) is 10.9 Å². The van der Waals surface area contributed by atoms with Crippen LogP contribution in [0.3, 0.4) is 0 Å². The van der Waals surface area contributed by atoms with Crippen LogP contribution in [-0.4, -0.2) is 16.1 Å². The monoisotopic (exact) mass is 243 g/mol. The lowest BCUT2D eigenvalue weighted by molar-refractivity contribution is 0.377. The Morgan fingerprint density at radius 3 is 3.00 bits per heavy atom. The maximum atomic E-state index is 12.5. The minimum absolute atomic E-state index is 0.0611. The average Bonchev–Trinajstić information content (AvgIpc) is 2.88. The van der Waals surface area contributed by atoms with E-state index in [0.717, 1.165) is 24.8 Å². The smallest absolute Gasteiger partial charge is 0.261 e. The summed E-state index contributed by atoms with van der Waals surface area (Å²) in [4.78, 5) is 16.8. The summed E-state index contributed by atoms with van der Waals surface area (Å²) < 4.78 is 1.78. The maximum Gasteiger partial charge on any atom is 0.261 e. The molecular formula is C14H17N3O. The molecule has 4 nitrogen and oxygen atoms in total. The molecule has 1 fully saturated rings. The Balaban J connectivity index is 2.13. The number of fused-ring (bicyclic) bond motifs is 1. The van der Waals surface area contributed by atoms with Crippen LogP contribution < -0.4 is 11.3 Å². The third-order valence-electron chi connectivity index (χ3n) is 3.97. The van der Waals surface area contributed by atoms with Crippen LogP contribution in [-0.2, 0) is 0 Å². The van der Waals surface area contributed by atoms with Crippen LogP contribution in [0.2, 0.25) is 0 Å². The van der Waals surface area contributed by atoms with Gasteiger partial charge in [0.2, 0.25) is 0 Å². The number of nitrogens with two attached hydrogens (primary N) is 1. The van der Waals surface area contributed by atoms with Crippen molar-refractivity contribution >= 4 is 10.9 Å². The third-order valence-corrected chi connectivity index (χ3v) is 3.97. The molecule has 1 aliphatic carbocycles. The second-order valence-corrected chi connectivity index (χ2v) is 4.97. The van der Waals surface area contributed by atoms with Crippen LogP contribution in [0.15, 0.2) is 35.4 Å². The Kier molecular flexibility index (Phi) is 2.88. The molecule has 1 aromatic heterocycles. The summed E-state index contributed by atoms with van der Waals surface area (Å²) in [6, 6.07) is 7.71. The van der Waals surface area contributed by atoms with E-state index < -0.39 is 0 Å². The molecule has 1 aromatic carbocycles. The van der Waals surface area contributed by atoms with Gasteiger partial charge in [-0.05, 0) is 37.4 Å². The first-order chi connectivity index (χ1) is 8.81. The second kappa shape index (κ2) is 4.53. The van der Waals surface area contributed by atoms with E-state index in [1.165, 1.54) is 0 Å². The summed E-state index contributed by atoms with van der Waals surface area (Å²) in [5, 5.41) is 0.697.